The smallest absolute Gasteiger partial charge is 0.260 e. The zero-order chi connectivity index (χ0) is 13.0. The second kappa shape index (κ2) is 5.81. The molecule has 1 aliphatic carbocycles. The molecule has 1 fully saturated rings. The van der Waals surface area contributed by atoms with E-state index in [1.165, 1.54) is 12.3 Å². The summed E-state index contributed by atoms with van der Waals surface area (Å²) >= 11 is 0. The van der Waals surface area contributed by atoms with E-state index in [-0.39, 0.29) is 11.1 Å². The summed E-state index contributed by atoms with van der Waals surface area (Å²) < 4.78 is 26.6. The molecule has 7 heteroatoms. The van der Waals surface area contributed by atoms with Crippen LogP contribution in [0.15, 0.2) is 17.3 Å². The Labute approximate surface area is 108 Å². The third-order valence-corrected chi connectivity index (χ3v) is 5.26. The molecule has 1 heterocycles. The maximum absolute atomic E-state index is 12.5. The van der Waals surface area contributed by atoms with Crippen LogP contribution in [-0.4, -0.2) is 42.1 Å². The highest BCUT2D eigenvalue weighted by molar-refractivity contribution is 7.89. The van der Waals surface area contributed by atoms with Gasteiger partial charge in [0, 0.05) is 12.6 Å². The molecule has 1 aromatic heterocycles. The molecule has 0 spiro atoms. The molecule has 1 saturated carbocycles. The van der Waals surface area contributed by atoms with Crippen molar-refractivity contribution in [3.63, 3.8) is 0 Å². The van der Waals surface area contributed by atoms with E-state index < -0.39 is 10.0 Å². The van der Waals surface area contributed by atoms with Crippen LogP contribution < -0.4 is 5.73 Å². The number of nitrogens with two attached hydrogens (primary N) is 1. The summed E-state index contributed by atoms with van der Waals surface area (Å²) in [6.45, 7) is 0.990. The maximum Gasteiger partial charge on any atom is 0.260 e. The molecule has 0 amide bonds. The van der Waals surface area contributed by atoms with Crippen LogP contribution in [0.4, 0.5) is 0 Å². The largest absolute Gasteiger partial charge is 0.330 e. The molecule has 0 aromatic carbocycles. The van der Waals surface area contributed by atoms with Crippen LogP contribution in [0.5, 0.6) is 0 Å². The zero-order valence-electron chi connectivity index (χ0n) is 10.4. The first-order valence-electron chi connectivity index (χ1n) is 6.37. The molecule has 0 radical (unpaired) electrons. The number of aromatic amines is 1. The average molecular weight is 272 g/mol. The molecule has 3 N–H and O–H groups in total. The minimum atomic E-state index is -3.45. The summed E-state index contributed by atoms with van der Waals surface area (Å²) in [5.74, 6) is 0. The van der Waals surface area contributed by atoms with Gasteiger partial charge >= 0.3 is 0 Å². The zero-order valence-corrected chi connectivity index (χ0v) is 11.2. The Morgan fingerprint density at radius 2 is 2.17 bits per heavy atom. The SMILES string of the molecule is NCCCN(C1CCCC1)S(=O)(=O)c1ccn[nH]1. The summed E-state index contributed by atoms with van der Waals surface area (Å²) in [6, 6.07) is 1.62. The standard InChI is InChI=1S/C11H20N4O2S/c12-7-3-9-15(10-4-1-2-5-10)18(16,17)11-6-8-13-14-11/h6,8,10H,1-5,7,9,12H2,(H,13,14). The number of H-pyrrole nitrogens is 1. The number of hydrogen-bond acceptors (Lipinski definition) is 4. The van der Waals surface area contributed by atoms with E-state index >= 15 is 0 Å². The highest BCUT2D eigenvalue weighted by Gasteiger charge is 2.33. The van der Waals surface area contributed by atoms with Gasteiger partial charge in [0.25, 0.3) is 10.0 Å². The van der Waals surface area contributed by atoms with E-state index in [1.54, 1.807) is 4.31 Å². The van der Waals surface area contributed by atoms with E-state index in [1.807, 2.05) is 0 Å². The molecule has 2 rings (SSSR count). The van der Waals surface area contributed by atoms with Crippen LogP contribution >= 0.6 is 0 Å². The van der Waals surface area contributed by atoms with Gasteiger partial charge in [-0.25, -0.2) is 8.42 Å². The van der Waals surface area contributed by atoms with Gasteiger partial charge in [0.05, 0.1) is 6.20 Å². The van der Waals surface area contributed by atoms with Crippen molar-refractivity contribution in [1.82, 2.24) is 14.5 Å². The Bertz CT molecular complexity index is 451. The summed E-state index contributed by atoms with van der Waals surface area (Å²) in [6.07, 6.45) is 6.23. The minimum Gasteiger partial charge on any atom is -0.330 e. The van der Waals surface area contributed by atoms with Gasteiger partial charge in [-0.3, -0.25) is 5.10 Å². The van der Waals surface area contributed by atoms with Gasteiger partial charge in [-0.1, -0.05) is 12.8 Å². The Hall–Kier alpha value is -0.920. The van der Waals surface area contributed by atoms with Crippen molar-refractivity contribution in [2.75, 3.05) is 13.1 Å². The predicted molar refractivity (Wildman–Crippen MR) is 68.4 cm³/mol. The summed E-state index contributed by atoms with van der Waals surface area (Å²) in [7, 11) is -3.45. The van der Waals surface area contributed by atoms with Crippen LogP contribution in [0.25, 0.3) is 0 Å². The highest BCUT2D eigenvalue weighted by Crippen LogP contribution is 2.28. The Kier molecular flexibility index (Phi) is 4.36. The third kappa shape index (κ3) is 2.73. The predicted octanol–water partition coefficient (Wildman–Crippen LogP) is 0.692. The van der Waals surface area contributed by atoms with E-state index in [2.05, 4.69) is 10.2 Å². The fourth-order valence-electron chi connectivity index (χ4n) is 2.45. The number of nitrogens with zero attached hydrogens (tertiary/aromatic N) is 2. The quantitative estimate of drug-likeness (QED) is 0.797. The molecule has 0 atom stereocenters. The van der Waals surface area contributed by atoms with Crippen molar-refractivity contribution < 1.29 is 8.42 Å². The summed E-state index contributed by atoms with van der Waals surface area (Å²) in [5.41, 5.74) is 5.50. The second-order valence-corrected chi connectivity index (χ2v) is 6.48. The topological polar surface area (TPSA) is 92.1 Å². The molecule has 0 unspecified atom stereocenters. The Morgan fingerprint density at radius 1 is 1.44 bits per heavy atom. The molecular formula is C11H20N4O2S. The lowest BCUT2D eigenvalue weighted by molar-refractivity contribution is 0.319. The van der Waals surface area contributed by atoms with Gasteiger partial charge in [0.1, 0.15) is 0 Å². The first-order chi connectivity index (χ1) is 8.66. The lowest BCUT2D eigenvalue weighted by Crippen LogP contribution is -2.40. The number of aromatic nitrogens is 2. The lowest BCUT2D eigenvalue weighted by atomic mass is 10.2. The van der Waals surface area contributed by atoms with Crippen LogP contribution in [0, 0.1) is 0 Å². The van der Waals surface area contributed by atoms with Gasteiger partial charge in [-0.05, 0) is 31.9 Å². The van der Waals surface area contributed by atoms with E-state index in [0.29, 0.717) is 19.5 Å². The highest BCUT2D eigenvalue weighted by atomic mass is 32.2. The Morgan fingerprint density at radius 3 is 2.72 bits per heavy atom. The van der Waals surface area contributed by atoms with Crippen LogP contribution in [-0.2, 0) is 10.0 Å². The van der Waals surface area contributed by atoms with Crippen molar-refractivity contribution in [2.24, 2.45) is 5.73 Å². The molecular weight excluding hydrogens is 252 g/mol. The molecule has 6 nitrogen and oxygen atoms in total. The van der Waals surface area contributed by atoms with Gasteiger partial charge in [0.2, 0.25) is 0 Å². The lowest BCUT2D eigenvalue weighted by Gasteiger charge is -2.27. The van der Waals surface area contributed by atoms with Crippen molar-refractivity contribution >= 4 is 10.0 Å². The van der Waals surface area contributed by atoms with Crippen LogP contribution in [0.3, 0.4) is 0 Å². The minimum absolute atomic E-state index is 0.116. The molecule has 102 valence electrons. The fourth-order valence-corrected chi connectivity index (χ4v) is 4.08. The van der Waals surface area contributed by atoms with E-state index in [4.69, 9.17) is 5.73 Å². The van der Waals surface area contributed by atoms with Gasteiger partial charge in [0.15, 0.2) is 5.03 Å². The number of nitrogens with one attached hydrogen (secondary N) is 1. The second-order valence-electron chi connectivity index (χ2n) is 4.62. The fraction of sp³-hybridized carbons (Fsp3) is 0.727. The monoisotopic (exact) mass is 272 g/mol. The first kappa shape index (κ1) is 13.5. The molecule has 1 aromatic rings. The Balaban J connectivity index is 2.22. The van der Waals surface area contributed by atoms with E-state index in [9.17, 15) is 8.42 Å². The van der Waals surface area contributed by atoms with Crippen LogP contribution in [0.2, 0.25) is 0 Å². The van der Waals surface area contributed by atoms with Gasteiger partial charge in [-0.2, -0.15) is 9.40 Å². The van der Waals surface area contributed by atoms with Crippen molar-refractivity contribution in [2.45, 2.75) is 43.2 Å². The molecule has 18 heavy (non-hydrogen) atoms. The molecule has 0 bridgehead atoms. The molecule has 1 aliphatic rings. The number of sulfonamides is 1. The van der Waals surface area contributed by atoms with Crippen molar-refractivity contribution in [3.8, 4) is 0 Å². The van der Waals surface area contributed by atoms with Gasteiger partial charge in [-0.15, -0.1) is 0 Å². The first-order valence-corrected chi connectivity index (χ1v) is 7.81. The average Bonchev–Trinajstić information content (AvgIpc) is 3.02. The molecule has 0 saturated heterocycles. The third-order valence-electron chi connectivity index (χ3n) is 3.38. The normalized spacial score (nSPS) is 17.7. The number of hydrogen-bond donors (Lipinski definition) is 2. The van der Waals surface area contributed by atoms with Crippen molar-refractivity contribution in [3.05, 3.63) is 12.3 Å². The van der Waals surface area contributed by atoms with Crippen LogP contribution in [0.1, 0.15) is 32.1 Å². The maximum atomic E-state index is 12.5. The molecule has 0 aliphatic heterocycles. The van der Waals surface area contributed by atoms with Crippen molar-refractivity contribution in [1.29, 1.82) is 0 Å². The summed E-state index contributed by atoms with van der Waals surface area (Å²) in [5, 5.41) is 6.44. The summed E-state index contributed by atoms with van der Waals surface area (Å²) in [4.78, 5) is 0. The number of rotatable bonds is 6. The van der Waals surface area contributed by atoms with E-state index in [0.717, 1.165) is 25.7 Å². The van der Waals surface area contributed by atoms with Gasteiger partial charge < -0.3 is 5.73 Å².